The zero-order chi connectivity index (χ0) is 7.98. The van der Waals surface area contributed by atoms with Crippen molar-refractivity contribution in [2.45, 2.75) is 6.42 Å². The number of rotatable bonds is 3. The predicted octanol–water partition coefficient (Wildman–Crippen LogP) is 0.242. The normalized spacial score (nSPS) is 9.60. The standard InChI is InChI=1S/C5H7NO4/c7-4(8)2-1-3-6-5(9)10/h1,3,6H,2H2,(H,7,8)(H,9,10). The summed E-state index contributed by atoms with van der Waals surface area (Å²) in [7, 11) is 0. The Morgan fingerprint density at radius 2 is 2.00 bits per heavy atom. The Labute approximate surface area is 57.0 Å². The number of carboxylic acid groups (broad SMARTS) is 2. The average Bonchev–Trinajstić information content (AvgIpc) is 1.79. The quantitative estimate of drug-likeness (QED) is 0.531. The minimum Gasteiger partial charge on any atom is -0.481 e. The third-order valence-corrected chi connectivity index (χ3v) is 0.617. The van der Waals surface area contributed by atoms with Crippen molar-refractivity contribution in [2.24, 2.45) is 0 Å². The first-order chi connectivity index (χ1) is 4.63. The molecule has 0 aliphatic carbocycles. The lowest BCUT2D eigenvalue weighted by Crippen LogP contribution is -2.12. The van der Waals surface area contributed by atoms with Gasteiger partial charge in [-0.1, -0.05) is 6.08 Å². The van der Waals surface area contributed by atoms with Crippen LogP contribution >= 0.6 is 0 Å². The fourth-order valence-electron chi connectivity index (χ4n) is 0.290. The molecule has 0 bridgehead atoms. The Bertz CT molecular complexity index is 145. The zero-order valence-corrected chi connectivity index (χ0v) is 5.07. The van der Waals surface area contributed by atoms with Gasteiger partial charge in [0.1, 0.15) is 0 Å². The van der Waals surface area contributed by atoms with E-state index in [1.54, 1.807) is 0 Å². The molecule has 3 N–H and O–H groups in total. The molecule has 5 heteroatoms. The summed E-state index contributed by atoms with van der Waals surface area (Å²) in [5, 5.41) is 17.9. The lowest BCUT2D eigenvalue weighted by molar-refractivity contribution is -0.136. The molecule has 0 heterocycles. The Morgan fingerprint density at radius 1 is 1.40 bits per heavy atom. The molecular weight excluding hydrogens is 138 g/mol. The Morgan fingerprint density at radius 3 is 2.40 bits per heavy atom. The van der Waals surface area contributed by atoms with Crippen molar-refractivity contribution in [3.63, 3.8) is 0 Å². The van der Waals surface area contributed by atoms with E-state index in [2.05, 4.69) is 0 Å². The van der Waals surface area contributed by atoms with Gasteiger partial charge in [0.2, 0.25) is 0 Å². The van der Waals surface area contributed by atoms with Gasteiger partial charge in [-0.25, -0.2) is 4.79 Å². The second-order valence-corrected chi connectivity index (χ2v) is 1.45. The number of carboxylic acids is 1. The maximum Gasteiger partial charge on any atom is 0.408 e. The van der Waals surface area contributed by atoms with Crippen molar-refractivity contribution in [1.82, 2.24) is 5.32 Å². The minimum absolute atomic E-state index is 0.180. The maximum atomic E-state index is 9.82. The maximum absolute atomic E-state index is 9.82. The summed E-state index contributed by atoms with van der Waals surface area (Å²) in [6.07, 6.45) is 0.884. The van der Waals surface area contributed by atoms with Crippen LogP contribution in [0.4, 0.5) is 4.79 Å². The van der Waals surface area contributed by atoms with Gasteiger partial charge in [0.15, 0.2) is 0 Å². The molecule has 0 aliphatic heterocycles. The van der Waals surface area contributed by atoms with Gasteiger partial charge in [0.05, 0.1) is 6.42 Å². The molecule has 0 spiro atoms. The van der Waals surface area contributed by atoms with Gasteiger partial charge in [0.25, 0.3) is 0 Å². The Kier molecular flexibility index (Phi) is 3.70. The summed E-state index contributed by atoms with van der Waals surface area (Å²) in [4.78, 5) is 19.6. The van der Waals surface area contributed by atoms with E-state index in [1.165, 1.54) is 6.08 Å². The van der Waals surface area contributed by atoms with Gasteiger partial charge in [-0.15, -0.1) is 0 Å². The van der Waals surface area contributed by atoms with Crippen LogP contribution in [0, 0.1) is 0 Å². The van der Waals surface area contributed by atoms with E-state index in [4.69, 9.17) is 10.2 Å². The third-order valence-electron chi connectivity index (χ3n) is 0.617. The lowest BCUT2D eigenvalue weighted by Gasteiger charge is -1.87. The molecule has 0 aromatic heterocycles. The van der Waals surface area contributed by atoms with Crippen LogP contribution in [0.15, 0.2) is 12.3 Å². The fourth-order valence-corrected chi connectivity index (χ4v) is 0.290. The third kappa shape index (κ3) is 6.48. The zero-order valence-electron chi connectivity index (χ0n) is 5.07. The van der Waals surface area contributed by atoms with Gasteiger partial charge < -0.3 is 10.2 Å². The fraction of sp³-hybridized carbons (Fsp3) is 0.200. The molecule has 0 radical (unpaired) electrons. The van der Waals surface area contributed by atoms with Crippen LogP contribution in [0.2, 0.25) is 0 Å². The second-order valence-electron chi connectivity index (χ2n) is 1.45. The summed E-state index contributed by atoms with van der Waals surface area (Å²) in [5.41, 5.74) is 0. The van der Waals surface area contributed by atoms with Crippen LogP contribution in [0.25, 0.3) is 0 Å². The van der Waals surface area contributed by atoms with Crippen LogP contribution in [0.1, 0.15) is 6.42 Å². The number of nitrogens with one attached hydrogen (secondary N) is 1. The predicted molar refractivity (Wildman–Crippen MR) is 32.6 cm³/mol. The highest BCUT2D eigenvalue weighted by molar-refractivity contribution is 5.69. The SMILES string of the molecule is O=C(O)CC=CNC(=O)O. The van der Waals surface area contributed by atoms with Crippen LogP contribution in [-0.4, -0.2) is 22.3 Å². The van der Waals surface area contributed by atoms with E-state index < -0.39 is 12.1 Å². The largest absolute Gasteiger partial charge is 0.481 e. The minimum atomic E-state index is -1.21. The van der Waals surface area contributed by atoms with Crippen molar-refractivity contribution >= 4 is 12.1 Å². The van der Waals surface area contributed by atoms with E-state index >= 15 is 0 Å². The van der Waals surface area contributed by atoms with E-state index in [0.29, 0.717) is 0 Å². The van der Waals surface area contributed by atoms with E-state index in [9.17, 15) is 9.59 Å². The summed E-state index contributed by atoms with van der Waals surface area (Å²) in [6, 6.07) is 0. The average molecular weight is 145 g/mol. The van der Waals surface area contributed by atoms with Crippen molar-refractivity contribution in [2.75, 3.05) is 0 Å². The highest BCUT2D eigenvalue weighted by Crippen LogP contribution is 1.79. The molecule has 0 atom stereocenters. The Balaban J connectivity index is 3.38. The van der Waals surface area contributed by atoms with Crippen LogP contribution in [0.5, 0.6) is 0 Å². The van der Waals surface area contributed by atoms with Gasteiger partial charge in [0, 0.05) is 6.20 Å². The number of carbonyl (C=O) groups is 2. The first kappa shape index (κ1) is 8.48. The number of aliphatic carboxylic acids is 1. The second kappa shape index (κ2) is 4.37. The number of amides is 1. The van der Waals surface area contributed by atoms with Gasteiger partial charge >= 0.3 is 12.1 Å². The summed E-state index contributed by atoms with van der Waals surface area (Å²) < 4.78 is 0. The monoisotopic (exact) mass is 145 g/mol. The Hall–Kier alpha value is -1.52. The van der Waals surface area contributed by atoms with E-state index in [1.807, 2.05) is 5.32 Å². The molecule has 10 heavy (non-hydrogen) atoms. The molecule has 0 rings (SSSR count). The summed E-state index contributed by atoms with van der Waals surface area (Å²) in [6.45, 7) is 0. The van der Waals surface area contributed by atoms with E-state index in [-0.39, 0.29) is 6.42 Å². The van der Waals surface area contributed by atoms with Crippen LogP contribution in [0.3, 0.4) is 0 Å². The smallest absolute Gasteiger partial charge is 0.408 e. The molecule has 0 aliphatic rings. The molecule has 0 saturated heterocycles. The number of hydrogen-bond acceptors (Lipinski definition) is 2. The molecule has 5 nitrogen and oxygen atoms in total. The van der Waals surface area contributed by atoms with Gasteiger partial charge in [-0.05, 0) is 0 Å². The molecule has 0 unspecified atom stereocenters. The highest BCUT2D eigenvalue weighted by Gasteiger charge is 1.89. The van der Waals surface area contributed by atoms with Crippen molar-refractivity contribution < 1.29 is 19.8 Å². The van der Waals surface area contributed by atoms with E-state index in [0.717, 1.165) is 6.20 Å². The van der Waals surface area contributed by atoms with Crippen molar-refractivity contribution in [3.8, 4) is 0 Å². The first-order valence-corrected chi connectivity index (χ1v) is 2.49. The molecule has 0 saturated carbocycles. The van der Waals surface area contributed by atoms with Crippen molar-refractivity contribution in [3.05, 3.63) is 12.3 Å². The highest BCUT2D eigenvalue weighted by atomic mass is 16.4. The summed E-state index contributed by atoms with van der Waals surface area (Å²) >= 11 is 0. The number of hydrogen-bond donors (Lipinski definition) is 3. The van der Waals surface area contributed by atoms with Crippen LogP contribution in [-0.2, 0) is 4.79 Å². The van der Waals surface area contributed by atoms with Crippen LogP contribution < -0.4 is 5.32 Å². The first-order valence-electron chi connectivity index (χ1n) is 2.49. The molecule has 0 aromatic rings. The molecule has 0 fully saturated rings. The topological polar surface area (TPSA) is 86.6 Å². The summed E-state index contributed by atoms with van der Waals surface area (Å²) in [5.74, 6) is -0.997. The molecule has 0 aromatic carbocycles. The van der Waals surface area contributed by atoms with Gasteiger partial charge in [-0.3, -0.25) is 10.1 Å². The molecule has 56 valence electrons. The lowest BCUT2D eigenvalue weighted by atomic mass is 10.4. The van der Waals surface area contributed by atoms with Crippen molar-refractivity contribution in [1.29, 1.82) is 0 Å². The van der Waals surface area contributed by atoms with Gasteiger partial charge in [-0.2, -0.15) is 0 Å². The molecular formula is C5H7NO4. The molecule has 1 amide bonds.